The number of tetrazole rings is 1. The zero-order valence-corrected chi connectivity index (χ0v) is 15.9. The second-order valence-electron chi connectivity index (χ2n) is 6.09. The second-order valence-corrected chi connectivity index (χ2v) is 7.07. The maximum absolute atomic E-state index is 4.78. The molecule has 0 N–H and O–H groups in total. The molecule has 0 aliphatic heterocycles. The van der Waals surface area contributed by atoms with Crippen molar-refractivity contribution < 1.29 is 0 Å². The van der Waals surface area contributed by atoms with Crippen molar-refractivity contribution in [2.24, 2.45) is 0 Å². The summed E-state index contributed by atoms with van der Waals surface area (Å²) in [6.45, 7) is 6.79. The zero-order chi connectivity index (χ0) is 17.8. The van der Waals surface area contributed by atoms with Crippen LogP contribution in [0, 0.1) is 20.8 Å². The normalized spacial score (nSPS) is 11.2. The molecular formula is C17H23N7S. The Morgan fingerprint density at radius 3 is 2.68 bits per heavy atom. The number of rotatable bonds is 7. The van der Waals surface area contributed by atoms with Crippen molar-refractivity contribution in [3.8, 4) is 5.69 Å². The van der Waals surface area contributed by atoms with Crippen molar-refractivity contribution in [3.63, 3.8) is 0 Å². The lowest BCUT2D eigenvalue weighted by Gasteiger charge is -2.10. The number of thioether (sulfide) groups is 1. The highest BCUT2D eigenvalue weighted by Crippen LogP contribution is 2.18. The Labute approximate surface area is 151 Å². The van der Waals surface area contributed by atoms with Crippen molar-refractivity contribution in [3.05, 3.63) is 46.8 Å². The van der Waals surface area contributed by atoms with Gasteiger partial charge in [0.25, 0.3) is 0 Å². The summed E-state index contributed by atoms with van der Waals surface area (Å²) < 4.78 is 3.78. The van der Waals surface area contributed by atoms with Crippen LogP contribution in [0.5, 0.6) is 0 Å². The molecule has 0 atom stereocenters. The lowest BCUT2D eigenvalue weighted by Crippen LogP contribution is -2.11. The van der Waals surface area contributed by atoms with Gasteiger partial charge >= 0.3 is 0 Å². The monoisotopic (exact) mass is 357 g/mol. The first-order valence-electron chi connectivity index (χ1n) is 8.32. The maximum atomic E-state index is 4.78. The first-order chi connectivity index (χ1) is 12.1. The number of hydrogen-bond acceptors (Lipinski definition) is 6. The number of aromatic nitrogens is 7. The molecule has 0 saturated carbocycles. The van der Waals surface area contributed by atoms with E-state index in [0.717, 1.165) is 41.8 Å². The van der Waals surface area contributed by atoms with Crippen LogP contribution in [0.15, 0.2) is 18.2 Å². The zero-order valence-electron chi connectivity index (χ0n) is 15.1. The molecule has 0 amide bonds. The smallest absolute Gasteiger partial charge is 0.152 e. The molecule has 0 radical (unpaired) electrons. The summed E-state index contributed by atoms with van der Waals surface area (Å²) >= 11 is 1.81. The quantitative estimate of drug-likeness (QED) is 0.646. The van der Waals surface area contributed by atoms with Crippen molar-refractivity contribution >= 4 is 11.8 Å². The molecule has 0 fully saturated rings. The van der Waals surface area contributed by atoms with Crippen LogP contribution in [0.25, 0.3) is 5.69 Å². The second kappa shape index (κ2) is 7.77. The SMILES string of the molecule is CSCCc1nc(CCn2nnnc2C)n(-c2cc(C)ccc2C)n1. The van der Waals surface area contributed by atoms with E-state index >= 15 is 0 Å². The summed E-state index contributed by atoms with van der Waals surface area (Å²) in [5.74, 6) is 3.65. The molecule has 1 aromatic carbocycles. The van der Waals surface area contributed by atoms with Crippen molar-refractivity contribution in [2.75, 3.05) is 12.0 Å². The van der Waals surface area contributed by atoms with Crippen LogP contribution in [0.3, 0.4) is 0 Å². The van der Waals surface area contributed by atoms with E-state index in [1.165, 1.54) is 11.1 Å². The lowest BCUT2D eigenvalue weighted by molar-refractivity contribution is 0.558. The minimum Gasteiger partial charge on any atom is -0.229 e. The molecule has 132 valence electrons. The summed E-state index contributed by atoms with van der Waals surface area (Å²) in [5.41, 5.74) is 3.49. The number of benzene rings is 1. The number of hydrogen-bond donors (Lipinski definition) is 0. The summed E-state index contributed by atoms with van der Waals surface area (Å²) in [6.07, 6.45) is 3.70. The van der Waals surface area contributed by atoms with E-state index in [9.17, 15) is 0 Å². The minimum atomic E-state index is 0.685. The molecule has 7 nitrogen and oxygen atoms in total. The minimum absolute atomic E-state index is 0.685. The van der Waals surface area contributed by atoms with E-state index in [-0.39, 0.29) is 0 Å². The first-order valence-corrected chi connectivity index (χ1v) is 9.72. The lowest BCUT2D eigenvalue weighted by atomic mass is 10.1. The number of nitrogens with zero attached hydrogens (tertiary/aromatic N) is 7. The van der Waals surface area contributed by atoms with E-state index < -0.39 is 0 Å². The molecule has 25 heavy (non-hydrogen) atoms. The predicted molar refractivity (Wildman–Crippen MR) is 99.2 cm³/mol. The summed E-state index contributed by atoms with van der Waals surface area (Å²) in [5, 5.41) is 16.4. The molecule has 3 rings (SSSR count). The topological polar surface area (TPSA) is 74.3 Å². The molecule has 0 aliphatic carbocycles. The van der Waals surface area contributed by atoms with Gasteiger partial charge in [-0.3, -0.25) is 0 Å². The van der Waals surface area contributed by atoms with E-state index in [0.29, 0.717) is 6.54 Å². The largest absolute Gasteiger partial charge is 0.229 e. The molecule has 0 spiro atoms. The van der Waals surface area contributed by atoms with Crippen LogP contribution >= 0.6 is 11.8 Å². The van der Waals surface area contributed by atoms with Gasteiger partial charge in [0.05, 0.1) is 12.2 Å². The first kappa shape index (κ1) is 17.6. The van der Waals surface area contributed by atoms with Gasteiger partial charge in [0.2, 0.25) is 0 Å². The van der Waals surface area contributed by atoms with Gasteiger partial charge < -0.3 is 0 Å². The summed E-state index contributed by atoms with van der Waals surface area (Å²) in [4.78, 5) is 4.78. The van der Waals surface area contributed by atoms with E-state index in [1.807, 2.05) is 11.6 Å². The van der Waals surface area contributed by atoms with Crippen LogP contribution < -0.4 is 0 Å². The Morgan fingerprint density at radius 2 is 1.96 bits per heavy atom. The molecule has 0 saturated heterocycles. The van der Waals surface area contributed by atoms with E-state index in [4.69, 9.17) is 10.1 Å². The van der Waals surface area contributed by atoms with Crippen LogP contribution in [0.2, 0.25) is 0 Å². The standard InChI is InChI=1S/C17H23N7S/c1-12-5-6-13(2)15(11-12)24-17(18-16(20-24)8-10-25-4)7-9-23-14(3)19-21-22-23/h5-6,11H,7-10H2,1-4H3. The van der Waals surface area contributed by atoms with Crippen molar-refractivity contribution in [1.82, 2.24) is 35.0 Å². The molecule has 2 heterocycles. The van der Waals surface area contributed by atoms with E-state index in [1.54, 1.807) is 16.4 Å². The molecule has 0 aliphatic rings. The average molecular weight is 357 g/mol. The Kier molecular flexibility index (Phi) is 5.47. The summed E-state index contributed by atoms with van der Waals surface area (Å²) in [6, 6.07) is 6.41. The Bertz CT molecular complexity index is 853. The fourth-order valence-corrected chi connectivity index (χ4v) is 3.04. The average Bonchev–Trinajstić information content (AvgIpc) is 3.19. The predicted octanol–water partition coefficient (Wildman–Crippen LogP) is 2.33. The fourth-order valence-electron chi connectivity index (χ4n) is 2.66. The molecule has 2 aromatic heterocycles. The van der Waals surface area contributed by atoms with Gasteiger partial charge in [0.15, 0.2) is 5.82 Å². The van der Waals surface area contributed by atoms with Crippen molar-refractivity contribution in [2.45, 2.75) is 40.2 Å². The molecular weight excluding hydrogens is 334 g/mol. The van der Waals surface area contributed by atoms with Crippen molar-refractivity contribution in [1.29, 1.82) is 0 Å². The van der Waals surface area contributed by atoms with Gasteiger partial charge in [-0.25, -0.2) is 14.3 Å². The van der Waals surface area contributed by atoms with Gasteiger partial charge in [0.1, 0.15) is 11.6 Å². The van der Waals surface area contributed by atoms with Gasteiger partial charge in [-0.2, -0.15) is 16.9 Å². The van der Waals surface area contributed by atoms with Gasteiger partial charge in [-0.15, -0.1) is 5.10 Å². The Morgan fingerprint density at radius 1 is 1.12 bits per heavy atom. The third-order valence-corrected chi connectivity index (χ3v) is 4.71. The molecule has 8 heteroatoms. The molecule has 0 bridgehead atoms. The van der Waals surface area contributed by atoms with Crippen LogP contribution in [0.1, 0.15) is 28.6 Å². The van der Waals surface area contributed by atoms with Crippen LogP contribution in [-0.2, 0) is 19.4 Å². The maximum Gasteiger partial charge on any atom is 0.152 e. The molecule has 3 aromatic rings. The Balaban J connectivity index is 1.93. The van der Waals surface area contributed by atoms with Gasteiger partial charge in [-0.1, -0.05) is 12.1 Å². The highest BCUT2D eigenvalue weighted by Gasteiger charge is 2.14. The van der Waals surface area contributed by atoms with Crippen LogP contribution in [0.4, 0.5) is 0 Å². The van der Waals surface area contributed by atoms with Gasteiger partial charge in [0, 0.05) is 18.6 Å². The summed E-state index contributed by atoms with van der Waals surface area (Å²) in [7, 11) is 0. The Hall–Kier alpha value is -2.22. The highest BCUT2D eigenvalue weighted by molar-refractivity contribution is 7.98. The molecule has 0 unspecified atom stereocenters. The fraction of sp³-hybridized carbons (Fsp3) is 0.471. The third kappa shape index (κ3) is 4.07. The van der Waals surface area contributed by atoms with Crippen LogP contribution in [-0.4, -0.2) is 47.0 Å². The highest BCUT2D eigenvalue weighted by atomic mass is 32.2. The van der Waals surface area contributed by atoms with E-state index in [2.05, 4.69) is 53.8 Å². The number of aryl methyl sites for hydroxylation is 6. The third-order valence-electron chi connectivity index (χ3n) is 4.10. The van der Waals surface area contributed by atoms with Gasteiger partial charge in [-0.05, 0) is 54.6 Å².